The van der Waals surface area contributed by atoms with Gasteiger partial charge in [0.25, 0.3) is 0 Å². The van der Waals surface area contributed by atoms with Crippen LogP contribution in [0.2, 0.25) is 0 Å². The Balaban J connectivity index is 0.000000177. The van der Waals surface area contributed by atoms with Gasteiger partial charge in [-0.1, -0.05) is 81.1 Å². The number of aliphatic hydroxyl groups is 4. The van der Waals surface area contributed by atoms with E-state index < -0.39 is 101 Å². The first-order valence-electron chi connectivity index (χ1n) is 42.3. The molecule has 0 aromatic heterocycles. The van der Waals surface area contributed by atoms with Crippen LogP contribution in [0, 0.1) is 155 Å². The Morgan fingerprint density at radius 2 is 0.638 bits per heavy atom. The molecular formula is C85H130B2Na2O27. The number of ether oxygens (including phenoxy) is 11. The molecule has 0 aromatic rings. The summed E-state index contributed by atoms with van der Waals surface area (Å²) in [6.45, 7) is 31.2. The van der Waals surface area contributed by atoms with Gasteiger partial charge < -0.3 is 75.4 Å². The second-order valence-electron chi connectivity index (χ2n) is 37.7. The summed E-state index contributed by atoms with van der Waals surface area (Å²) < 4.78 is 65.1. The van der Waals surface area contributed by atoms with Gasteiger partial charge in [-0.3, -0.25) is 9.59 Å². The number of carbonyl (C=O) groups is 2. The van der Waals surface area contributed by atoms with E-state index >= 15 is 0 Å². The van der Waals surface area contributed by atoms with E-state index in [1.807, 2.05) is 68.2 Å². The van der Waals surface area contributed by atoms with Gasteiger partial charge in [0.15, 0.2) is 65.7 Å². The van der Waals surface area contributed by atoms with Crippen LogP contribution in [0.1, 0.15) is 242 Å². The largest absolute Gasteiger partial charge is 1.00 e. The van der Waals surface area contributed by atoms with Crippen molar-refractivity contribution in [1.29, 1.82) is 0 Å². The molecule has 6 radical (unpaired) electrons. The van der Waals surface area contributed by atoms with Gasteiger partial charge in [-0.2, -0.15) is 0 Å². The number of aliphatic hydroxyl groups excluding tert-OH is 4. The summed E-state index contributed by atoms with van der Waals surface area (Å²) in [4.78, 5) is 82.4. The topological polar surface area (TPSA) is 309 Å². The van der Waals surface area contributed by atoms with E-state index in [2.05, 4.69) is 59.8 Å². The summed E-state index contributed by atoms with van der Waals surface area (Å²) in [6, 6.07) is 0. The Hall–Kier alpha value is -1.17. The summed E-state index contributed by atoms with van der Waals surface area (Å²) in [5, 5.41) is 36.0. The van der Waals surface area contributed by atoms with Gasteiger partial charge >= 0.3 is 71.1 Å². The monoisotopic (exact) mass is 1650 g/mol. The van der Waals surface area contributed by atoms with Crippen LogP contribution >= 0.6 is 0 Å². The second kappa shape index (κ2) is 37.4. The van der Waals surface area contributed by atoms with Crippen molar-refractivity contribution in [2.75, 3.05) is 19.8 Å². The standard InChI is InChI=1S/C18H26O5.2C15H24O5.2C15H22O5.C4H6O.C3H4O.2B.2Na.2H/c1-5-10-19-15-12(3)14-7-6-11(2)13-8-9-17(4)21-16(20-15)18(13,14)23-22-17;4*1-8-4-5-11-9(2)12(16)17-13-15(11)10(8)6-7-14(3,18-13)19-20-15;1-2-3-4-5;1-2-3-4;;;;;;/h1,11-16H,6-10H2,2-4H3;2*8-13,16H,4-7H2,1-3H3;2*8-11,13H,4-7H2,1-3H3;1,5H,3-4H2;1,4H,3H2;;;;;;/q;;;;;;;;;2*+1;2*-1/t11-,12-,13+,14+,15-,16-,17-,18-;2*8-,9-,10+,11+,12-,13-,14-,15-;2*8-,9-,10+,11+,13-,14-,15-;;;;;;;;/m11111......../s1. The molecule has 20 saturated heterocycles. The van der Waals surface area contributed by atoms with Gasteiger partial charge in [0.2, 0.25) is 41.5 Å². The molecule has 116 heavy (non-hydrogen) atoms. The maximum atomic E-state index is 12.1. The van der Waals surface area contributed by atoms with E-state index in [4.69, 9.17) is 124 Å². The number of esters is 2. The van der Waals surface area contributed by atoms with E-state index in [1.165, 1.54) is 19.3 Å². The Kier molecular flexibility index (Phi) is 31.3. The molecular weight excluding hydrogens is 1520 g/mol. The van der Waals surface area contributed by atoms with E-state index in [9.17, 15) is 19.8 Å². The smallest absolute Gasteiger partial charge is 1.00 e. The summed E-state index contributed by atoms with van der Waals surface area (Å²) in [5.41, 5.74) is -2.84. The third-order valence-electron chi connectivity index (χ3n) is 31.0. The van der Waals surface area contributed by atoms with Crippen molar-refractivity contribution in [2.45, 2.75) is 346 Å². The molecule has 25 rings (SSSR count). The van der Waals surface area contributed by atoms with Crippen molar-refractivity contribution in [3.63, 3.8) is 0 Å². The van der Waals surface area contributed by atoms with E-state index in [0.717, 1.165) is 109 Å². The molecule has 27 nitrogen and oxygen atoms in total. The fraction of sp³-hybridized carbons (Fsp3) is 0.906. The van der Waals surface area contributed by atoms with E-state index in [0.29, 0.717) is 65.6 Å². The van der Waals surface area contributed by atoms with Gasteiger partial charge in [0, 0.05) is 115 Å². The van der Waals surface area contributed by atoms with Crippen molar-refractivity contribution < 1.29 is 193 Å². The van der Waals surface area contributed by atoms with E-state index in [1.54, 1.807) is 0 Å². The minimum absolute atomic E-state index is 0. The number of fused-ring (bicyclic) bond motifs is 10. The maximum Gasteiger partial charge on any atom is 1.00 e. The van der Waals surface area contributed by atoms with Crippen LogP contribution in [0.4, 0.5) is 0 Å². The maximum absolute atomic E-state index is 12.1. The normalized spacial score (nSPS) is 52.6. The quantitative estimate of drug-likeness (QED) is 0.124. The number of carbonyl (C=O) groups excluding carboxylic acids is 2. The Labute approximate surface area is 737 Å². The van der Waals surface area contributed by atoms with Crippen LogP contribution < -0.4 is 59.1 Å². The van der Waals surface area contributed by atoms with Crippen molar-refractivity contribution in [3.8, 4) is 37.0 Å². The average Bonchev–Trinajstić information content (AvgIpc) is 1.41. The first kappa shape index (κ1) is 97.0. The van der Waals surface area contributed by atoms with Crippen LogP contribution in [0.3, 0.4) is 0 Å². The number of hydrogen-bond acceptors (Lipinski definition) is 27. The average molecular weight is 1650 g/mol. The third-order valence-corrected chi connectivity index (χ3v) is 31.0. The zero-order valence-corrected chi connectivity index (χ0v) is 75.7. The third kappa shape index (κ3) is 16.7. The van der Waals surface area contributed by atoms with Crippen molar-refractivity contribution in [2.24, 2.45) is 118 Å². The molecule has 640 valence electrons. The van der Waals surface area contributed by atoms with Gasteiger partial charge in [0.05, 0.1) is 18.4 Å². The van der Waals surface area contributed by atoms with Crippen molar-refractivity contribution in [1.82, 2.24) is 0 Å². The summed E-state index contributed by atoms with van der Waals surface area (Å²) in [6.07, 6.45) is 30.3. The fourth-order valence-electron chi connectivity index (χ4n) is 24.6. The van der Waals surface area contributed by atoms with E-state index in [-0.39, 0.29) is 176 Å². The van der Waals surface area contributed by atoms with Crippen LogP contribution in [-0.2, 0) is 111 Å². The molecule has 20 aliphatic heterocycles. The molecule has 0 aromatic carbocycles. The fourth-order valence-corrected chi connectivity index (χ4v) is 24.6. The summed E-state index contributed by atoms with van der Waals surface area (Å²) in [5.74, 6) is 8.06. The molecule has 31 heteroatoms. The Morgan fingerprint density at radius 3 is 0.905 bits per heavy atom. The molecule has 38 atom stereocenters. The minimum Gasteiger partial charge on any atom is -1.00 e. The molecule has 0 amide bonds. The molecule has 5 saturated carbocycles. The van der Waals surface area contributed by atoms with Crippen molar-refractivity contribution >= 4 is 28.8 Å². The van der Waals surface area contributed by atoms with Gasteiger partial charge in [-0.05, 0) is 178 Å². The predicted molar refractivity (Wildman–Crippen MR) is 406 cm³/mol. The molecule has 5 spiro atoms. The first-order chi connectivity index (χ1) is 53.2. The first-order valence-corrected chi connectivity index (χ1v) is 42.3. The molecule has 4 N–H and O–H groups in total. The van der Waals surface area contributed by atoms with Crippen LogP contribution in [0.25, 0.3) is 0 Å². The summed E-state index contributed by atoms with van der Waals surface area (Å²) in [7, 11) is 0. The van der Waals surface area contributed by atoms with Crippen LogP contribution in [0.5, 0.6) is 0 Å². The summed E-state index contributed by atoms with van der Waals surface area (Å²) >= 11 is 0. The second-order valence-corrected chi connectivity index (χ2v) is 37.7. The van der Waals surface area contributed by atoms with Gasteiger partial charge in [-0.25, -0.2) is 48.9 Å². The van der Waals surface area contributed by atoms with Gasteiger partial charge in [-0.15, -0.1) is 25.2 Å². The minimum atomic E-state index is -0.793. The number of hydrogen-bond donors (Lipinski definition) is 4. The predicted octanol–water partition coefficient (Wildman–Crippen LogP) is 5.09. The van der Waals surface area contributed by atoms with Gasteiger partial charge in [0.1, 0.15) is 13.2 Å². The zero-order valence-electron chi connectivity index (χ0n) is 73.7. The molecule has 25 aliphatic rings. The van der Waals surface area contributed by atoms with Crippen LogP contribution in [-0.4, -0.2) is 176 Å². The molecule has 20 heterocycles. The van der Waals surface area contributed by atoms with Crippen molar-refractivity contribution in [3.05, 3.63) is 0 Å². The SMILES string of the molecule is C#CCCO.C#CCO.C#CCO[C@@H]1O[C@@H]2O[C@@]3(C)CC[C@H]4[C@H](C)CC[C@@H]([C@H]1C)[C@@]24OO3.C[C@@H]1CC[C@H]2[C@@H](C)C(=O)O[C@@H]3O[C@@]4(C)CC[C@@H]1[C@]32OO4.C[C@@H]1CC[C@H]2[C@@H](C)C(=O)O[C@@H]3O[C@@]4(C)CC[C@@H]1[C@]32OO4.C[C@H]1[C@H](O)O[C@@H]2O[C@@]3(C)CC[C@H]4[C@H](C)CC[C@@H]1[C@@]24OO3.C[C@H]1[C@H](O)O[C@@H]2O[C@@]3(C)CC[C@H]4[C@H](C)CC[C@@H]1[C@@]24OO3.[B].[B].[H-].[H-].[Na+].[Na+]. The molecule has 0 unspecified atom stereocenters. The molecule has 25 fully saturated rings. The number of rotatable bonds is 3. The zero-order chi connectivity index (χ0) is 80.3. The Morgan fingerprint density at radius 1 is 0.371 bits per heavy atom. The van der Waals surface area contributed by atoms with Crippen LogP contribution in [0.15, 0.2) is 0 Å². The molecule has 5 aliphatic carbocycles. The Bertz CT molecular complexity index is 3340. The molecule has 10 bridgehead atoms. The number of terminal acetylenes is 3.